The second-order valence-electron chi connectivity index (χ2n) is 4.15. The summed E-state index contributed by atoms with van der Waals surface area (Å²) in [5.41, 5.74) is 1.50. The average Bonchev–Trinajstić information content (AvgIpc) is 2.73. The Kier molecular flexibility index (Phi) is 4.86. The molecule has 0 aliphatic carbocycles. The summed E-state index contributed by atoms with van der Waals surface area (Å²) < 4.78 is 0. The molecule has 0 bridgehead atoms. The van der Waals surface area contributed by atoms with Gasteiger partial charge in [0, 0.05) is 16.6 Å². The van der Waals surface area contributed by atoms with E-state index < -0.39 is 5.97 Å². The van der Waals surface area contributed by atoms with E-state index in [-0.39, 0.29) is 4.88 Å². The van der Waals surface area contributed by atoms with Crippen LogP contribution in [-0.4, -0.2) is 22.6 Å². The normalized spacial score (nSPS) is 10.6. The van der Waals surface area contributed by atoms with Gasteiger partial charge in [-0.25, -0.2) is 9.78 Å². The van der Waals surface area contributed by atoms with Crippen LogP contribution in [0, 0.1) is 6.92 Å². The molecule has 0 atom stereocenters. The van der Waals surface area contributed by atoms with E-state index in [2.05, 4.69) is 10.3 Å². The summed E-state index contributed by atoms with van der Waals surface area (Å²) in [6.07, 6.45) is 0.705. The van der Waals surface area contributed by atoms with Gasteiger partial charge in [0.15, 0.2) is 5.13 Å². The summed E-state index contributed by atoms with van der Waals surface area (Å²) in [6, 6.07) is 5.37. The fraction of sp³-hybridized carbons (Fsp3) is 0.231. The smallest absolute Gasteiger partial charge is 0.347 e. The number of nitrogens with one attached hydrogen (secondary N) is 1. The Bertz CT molecular complexity index is 643. The van der Waals surface area contributed by atoms with Crippen molar-refractivity contribution in [3.63, 3.8) is 0 Å². The Labute approximate surface area is 130 Å². The lowest BCUT2D eigenvalue weighted by molar-refractivity contribution is 0.0701. The molecule has 4 nitrogen and oxygen atoms in total. The van der Waals surface area contributed by atoms with Crippen LogP contribution in [0.15, 0.2) is 18.2 Å². The highest BCUT2D eigenvalue weighted by Crippen LogP contribution is 2.24. The summed E-state index contributed by atoms with van der Waals surface area (Å²) in [7, 11) is 0. The third-order valence-corrected chi connectivity index (χ3v) is 4.37. The van der Waals surface area contributed by atoms with Gasteiger partial charge < -0.3 is 10.4 Å². The van der Waals surface area contributed by atoms with E-state index in [1.165, 1.54) is 0 Å². The van der Waals surface area contributed by atoms with Gasteiger partial charge in [0.2, 0.25) is 0 Å². The molecule has 106 valence electrons. The van der Waals surface area contributed by atoms with Crippen LogP contribution in [0.4, 0.5) is 5.13 Å². The van der Waals surface area contributed by atoms with Crippen LogP contribution in [0.25, 0.3) is 0 Å². The number of thiazole rings is 1. The van der Waals surface area contributed by atoms with E-state index in [1.807, 2.05) is 6.07 Å². The zero-order chi connectivity index (χ0) is 14.7. The molecule has 0 fully saturated rings. The minimum absolute atomic E-state index is 0.261. The van der Waals surface area contributed by atoms with E-state index in [4.69, 9.17) is 28.3 Å². The maximum absolute atomic E-state index is 10.9. The molecule has 2 N–H and O–H groups in total. The van der Waals surface area contributed by atoms with E-state index in [1.54, 1.807) is 19.1 Å². The van der Waals surface area contributed by atoms with Crippen LogP contribution in [-0.2, 0) is 6.42 Å². The molecule has 0 spiro atoms. The second kappa shape index (κ2) is 6.43. The Morgan fingerprint density at radius 2 is 2.20 bits per heavy atom. The SMILES string of the molecule is Cc1nc(NCCc2ccc(Cl)cc2Cl)sc1C(=O)O. The number of carboxylic acids is 1. The molecule has 0 saturated carbocycles. The van der Waals surface area contributed by atoms with Gasteiger partial charge in [-0.05, 0) is 31.0 Å². The van der Waals surface area contributed by atoms with Crippen molar-refractivity contribution in [1.29, 1.82) is 0 Å². The van der Waals surface area contributed by atoms with Gasteiger partial charge in [0.1, 0.15) is 4.88 Å². The van der Waals surface area contributed by atoms with Crippen molar-refractivity contribution >= 4 is 45.6 Å². The summed E-state index contributed by atoms with van der Waals surface area (Å²) in [6.45, 7) is 2.30. The molecular weight excluding hydrogens is 319 g/mol. The van der Waals surface area contributed by atoms with Crippen molar-refractivity contribution in [3.8, 4) is 0 Å². The third-order valence-electron chi connectivity index (χ3n) is 2.68. The second-order valence-corrected chi connectivity index (χ2v) is 5.99. The first-order valence-electron chi connectivity index (χ1n) is 5.86. The maximum Gasteiger partial charge on any atom is 0.347 e. The fourth-order valence-electron chi connectivity index (χ4n) is 1.70. The number of carboxylic acid groups (broad SMARTS) is 1. The predicted molar refractivity (Wildman–Crippen MR) is 82.5 cm³/mol. The van der Waals surface area contributed by atoms with Gasteiger partial charge in [-0.2, -0.15) is 0 Å². The number of rotatable bonds is 5. The van der Waals surface area contributed by atoms with Crippen molar-refractivity contribution in [1.82, 2.24) is 4.98 Å². The van der Waals surface area contributed by atoms with Crippen molar-refractivity contribution in [2.75, 3.05) is 11.9 Å². The quantitative estimate of drug-likeness (QED) is 0.865. The molecular formula is C13H12Cl2N2O2S. The molecule has 1 heterocycles. The summed E-state index contributed by atoms with van der Waals surface area (Å²) >= 11 is 13.0. The molecule has 0 amide bonds. The lowest BCUT2D eigenvalue weighted by Gasteiger charge is -2.05. The molecule has 0 unspecified atom stereocenters. The van der Waals surface area contributed by atoms with Crippen molar-refractivity contribution < 1.29 is 9.90 Å². The molecule has 0 saturated heterocycles. The summed E-state index contributed by atoms with van der Waals surface area (Å²) in [4.78, 5) is 15.4. The number of halogens is 2. The van der Waals surface area contributed by atoms with E-state index >= 15 is 0 Å². The monoisotopic (exact) mass is 330 g/mol. The molecule has 0 aliphatic rings. The molecule has 2 rings (SSSR count). The lowest BCUT2D eigenvalue weighted by Crippen LogP contribution is -2.04. The Morgan fingerprint density at radius 1 is 1.45 bits per heavy atom. The first-order valence-corrected chi connectivity index (χ1v) is 7.43. The Balaban J connectivity index is 1.96. The first-order chi connectivity index (χ1) is 9.47. The first kappa shape index (κ1) is 15.1. The van der Waals surface area contributed by atoms with Crippen molar-refractivity contribution in [3.05, 3.63) is 44.4 Å². The number of aromatic carboxylic acids is 1. The number of aromatic nitrogens is 1. The number of hydrogen-bond donors (Lipinski definition) is 2. The molecule has 7 heteroatoms. The maximum atomic E-state index is 10.9. The molecule has 1 aromatic carbocycles. The van der Waals surface area contributed by atoms with Gasteiger partial charge in [-0.3, -0.25) is 0 Å². The standard InChI is InChI=1S/C13H12Cl2N2O2S/c1-7-11(12(18)19)20-13(17-7)16-5-4-8-2-3-9(14)6-10(8)15/h2-3,6H,4-5H2,1H3,(H,16,17)(H,18,19). The van der Waals surface area contributed by atoms with Gasteiger partial charge in [0.25, 0.3) is 0 Å². The van der Waals surface area contributed by atoms with E-state index in [9.17, 15) is 4.79 Å². The van der Waals surface area contributed by atoms with Gasteiger partial charge >= 0.3 is 5.97 Å². The van der Waals surface area contributed by atoms with Crippen LogP contribution in [0.2, 0.25) is 10.0 Å². The minimum Gasteiger partial charge on any atom is -0.477 e. The highest BCUT2D eigenvalue weighted by Gasteiger charge is 2.13. The third kappa shape index (κ3) is 3.62. The molecule has 0 radical (unpaired) electrons. The Hall–Kier alpha value is -1.30. The number of carbonyl (C=O) groups is 1. The number of hydrogen-bond acceptors (Lipinski definition) is 4. The molecule has 1 aromatic heterocycles. The van der Waals surface area contributed by atoms with Gasteiger partial charge in [-0.1, -0.05) is 40.6 Å². The Morgan fingerprint density at radius 3 is 2.80 bits per heavy atom. The predicted octanol–water partition coefficient (Wildman–Crippen LogP) is 4.11. The largest absolute Gasteiger partial charge is 0.477 e. The molecule has 0 aliphatic heterocycles. The average molecular weight is 331 g/mol. The van der Waals surface area contributed by atoms with E-state index in [0.717, 1.165) is 16.9 Å². The number of nitrogens with zero attached hydrogens (tertiary/aromatic N) is 1. The summed E-state index contributed by atoms with van der Waals surface area (Å²) in [5, 5.41) is 13.9. The van der Waals surface area contributed by atoms with Crippen molar-refractivity contribution in [2.45, 2.75) is 13.3 Å². The fourth-order valence-corrected chi connectivity index (χ4v) is 3.03. The van der Waals surface area contributed by atoms with Crippen molar-refractivity contribution in [2.24, 2.45) is 0 Å². The zero-order valence-corrected chi connectivity index (χ0v) is 12.9. The van der Waals surface area contributed by atoms with E-state index in [0.29, 0.717) is 33.8 Å². The number of anilines is 1. The highest BCUT2D eigenvalue weighted by molar-refractivity contribution is 7.17. The lowest BCUT2D eigenvalue weighted by atomic mass is 10.1. The number of benzene rings is 1. The van der Waals surface area contributed by atoms with Crippen LogP contribution in [0.3, 0.4) is 0 Å². The highest BCUT2D eigenvalue weighted by atomic mass is 35.5. The minimum atomic E-state index is -0.950. The van der Waals surface area contributed by atoms with Crippen LogP contribution < -0.4 is 5.32 Å². The molecule has 2 aromatic rings. The zero-order valence-electron chi connectivity index (χ0n) is 10.6. The van der Waals surface area contributed by atoms with Crippen LogP contribution in [0.5, 0.6) is 0 Å². The topological polar surface area (TPSA) is 62.2 Å². The summed E-state index contributed by atoms with van der Waals surface area (Å²) in [5.74, 6) is -0.950. The number of aryl methyl sites for hydroxylation is 1. The van der Waals surface area contributed by atoms with Gasteiger partial charge in [0.05, 0.1) is 5.69 Å². The van der Waals surface area contributed by atoms with Gasteiger partial charge in [-0.15, -0.1) is 0 Å². The van der Waals surface area contributed by atoms with Crippen LogP contribution >= 0.6 is 34.5 Å². The van der Waals surface area contributed by atoms with Crippen LogP contribution in [0.1, 0.15) is 20.9 Å². The molecule has 20 heavy (non-hydrogen) atoms.